The van der Waals surface area contributed by atoms with Crippen LogP contribution < -0.4 is 9.62 Å². The number of carbonyl (C=O) groups is 2. The fourth-order valence-electron chi connectivity index (χ4n) is 4.63. The van der Waals surface area contributed by atoms with Crippen molar-refractivity contribution >= 4 is 39.1 Å². The molecule has 220 valence electrons. The highest BCUT2D eigenvalue weighted by Gasteiger charge is 2.30. The van der Waals surface area contributed by atoms with Gasteiger partial charge in [-0.05, 0) is 54.2 Å². The summed E-state index contributed by atoms with van der Waals surface area (Å²) in [5.74, 6) is -0.212. The molecule has 0 aliphatic carbocycles. The molecule has 3 rings (SSSR count). The van der Waals surface area contributed by atoms with Crippen molar-refractivity contribution in [3.63, 3.8) is 0 Å². The van der Waals surface area contributed by atoms with Gasteiger partial charge in [0.2, 0.25) is 21.8 Å². The molecule has 0 spiro atoms. The Balaban J connectivity index is 1.89. The van der Waals surface area contributed by atoms with Crippen LogP contribution in [0.2, 0.25) is 5.02 Å². The maximum atomic E-state index is 13.9. The molecule has 0 aromatic heterocycles. The number of hydrogen-bond donors (Lipinski definition) is 1. The average molecular weight is 598 g/mol. The summed E-state index contributed by atoms with van der Waals surface area (Å²) in [4.78, 5) is 29.1. The van der Waals surface area contributed by atoms with Crippen molar-refractivity contribution in [2.45, 2.75) is 52.6 Å². The first kappa shape index (κ1) is 32.2. The molecule has 3 aromatic carbocycles. The zero-order chi connectivity index (χ0) is 30.0. The number of carbonyl (C=O) groups excluding carboxylic acids is 2. The molecule has 0 bridgehead atoms. The molecular weight excluding hydrogens is 558 g/mol. The van der Waals surface area contributed by atoms with Crippen LogP contribution in [0.15, 0.2) is 78.9 Å². The Morgan fingerprint density at radius 3 is 2.22 bits per heavy atom. The van der Waals surface area contributed by atoms with E-state index >= 15 is 0 Å². The summed E-state index contributed by atoms with van der Waals surface area (Å²) in [5, 5.41) is 3.55. The third kappa shape index (κ3) is 9.90. The van der Waals surface area contributed by atoms with Crippen molar-refractivity contribution in [2.24, 2.45) is 5.92 Å². The van der Waals surface area contributed by atoms with Crippen LogP contribution in [0.1, 0.15) is 43.4 Å². The van der Waals surface area contributed by atoms with Gasteiger partial charge in [0.05, 0.1) is 11.9 Å². The summed E-state index contributed by atoms with van der Waals surface area (Å²) in [5.41, 5.74) is 3.16. The molecule has 0 radical (unpaired) electrons. The third-order valence-corrected chi connectivity index (χ3v) is 8.15. The summed E-state index contributed by atoms with van der Waals surface area (Å²) in [6.07, 6.45) is 1.87. The summed E-state index contributed by atoms with van der Waals surface area (Å²) >= 11 is 6.25. The summed E-state index contributed by atoms with van der Waals surface area (Å²) in [6, 6.07) is 23.4. The summed E-state index contributed by atoms with van der Waals surface area (Å²) < 4.78 is 26.7. The minimum absolute atomic E-state index is 0.0707. The van der Waals surface area contributed by atoms with Crippen LogP contribution >= 0.6 is 11.6 Å². The zero-order valence-corrected chi connectivity index (χ0v) is 25.8. The van der Waals surface area contributed by atoms with Crippen LogP contribution in [0.4, 0.5) is 5.69 Å². The van der Waals surface area contributed by atoms with Gasteiger partial charge in [-0.1, -0.05) is 86.1 Å². The number of benzene rings is 3. The Kier molecular flexibility index (Phi) is 11.8. The van der Waals surface area contributed by atoms with E-state index in [1.807, 2.05) is 75.4 Å². The Bertz CT molecular complexity index is 1410. The van der Waals surface area contributed by atoms with E-state index in [0.29, 0.717) is 23.7 Å². The van der Waals surface area contributed by atoms with Gasteiger partial charge in [-0.2, -0.15) is 0 Å². The van der Waals surface area contributed by atoms with Gasteiger partial charge in [-0.3, -0.25) is 13.9 Å². The van der Waals surface area contributed by atoms with E-state index in [4.69, 9.17) is 11.6 Å². The number of para-hydroxylation sites is 1. The number of halogens is 1. The molecule has 9 heteroatoms. The molecule has 1 atom stereocenters. The SMILES string of the molecule is Cc1ccccc1N(CCCC(=O)N(Cc1cccc(Cl)c1)[C@H](Cc1ccccc1)C(=O)NCC(C)C)S(C)(=O)=O. The van der Waals surface area contributed by atoms with Gasteiger partial charge < -0.3 is 10.2 Å². The molecule has 0 unspecified atom stereocenters. The van der Waals surface area contributed by atoms with Gasteiger partial charge in [0.15, 0.2) is 0 Å². The highest BCUT2D eigenvalue weighted by atomic mass is 35.5. The first-order chi connectivity index (χ1) is 19.5. The monoisotopic (exact) mass is 597 g/mol. The van der Waals surface area contributed by atoms with Crippen molar-refractivity contribution < 1.29 is 18.0 Å². The van der Waals surface area contributed by atoms with Crippen LogP contribution in [0.5, 0.6) is 0 Å². The van der Waals surface area contributed by atoms with Crippen molar-refractivity contribution in [2.75, 3.05) is 23.7 Å². The van der Waals surface area contributed by atoms with Crippen LogP contribution in [0, 0.1) is 12.8 Å². The van der Waals surface area contributed by atoms with E-state index in [1.165, 1.54) is 10.6 Å². The average Bonchev–Trinajstić information content (AvgIpc) is 2.92. The van der Waals surface area contributed by atoms with Crippen LogP contribution in [0.3, 0.4) is 0 Å². The summed E-state index contributed by atoms with van der Waals surface area (Å²) in [7, 11) is -3.57. The predicted molar refractivity (Wildman–Crippen MR) is 166 cm³/mol. The second-order valence-electron chi connectivity index (χ2n) is 10.7. The van der Waals surface area contributed by atoms with Gasteiger partial charge in [0.1, 0.15) is 6.04 Å². The normalized spacial score (nSPS) is 12.1. The van der Waals surface area contributed by atoms with E-state index < -0.39 is 16.1 Å². The molecule has 0 aliphatic rings. The van der Waals surface area contributed by atoms with Crippen LogP contribution in [-0.4, -0.2) is 50.5 Å². The lowest BCUT2D eigenvalue weighted by Crippen LogP contribution is -2.51. The Hall–Kier alpha value is -3.36. The van der Waals surface area contributed by atoms with E-state index in [1.54, 1.807) is 29.2 Å². The largest absolute Gasteiger partial charge is 0.354 e. The number of aryl methyl sites for hydroxylation is 1. The number of hydrogen-bond acceptors (Lipinski definition) is 4. The first-order valence-corrected chi connectivity index (χ1v) is 16.1. The Morgan fingerprint density at radius 1 is 0.927 bits per heavy atom. The molecule has 0 fully saturated rings. The quantitative estimate of drug-likeness (QED) is 0.262. The fraction of sp³-hybridized carbons (Fsp3) is 0.375. The third-order valence-electron chi connectivity index (χ3n) is 6.73. The second-order valence-corrected chi connectivity index (χ2v) is 13.1. The lowest BCUT2D eigenvalue weighted by atomic mass is 10.0. The van der Waals surface area contributed by atoms with E-state index in [9.17, 15) is 18.0 Å². The van der Waals surface area contributed by atoms with E-state index in [-0.39, 0.29) is 43.7 Å². The van der Waals surface area contributed by atoms with Gasteiger partial charge in [0.25, 0.3) is 0 Å². The fourth-order valence-corrected chi connectivity index (χ4v) is 5.87. The lowest BCUT2D eigenvalue weighted by Gasteiger charge is -2.32. The molecule has 0 heterocycles. The first-order valence-electron chi connectivity index (χ1n) is 13.8. The van der Waals surface area contributed by atoms with Crippen molar-refractivity contribution in [3.8, 4) is 0 Å². The highest BCUT2D eigenvalue weighted by molar-refractivity contribution is 7.92. The second kappa shape index (κ2) is 15.0. The van der Waals surface area contributed by atoms with Crippen LogP contribution in [0.25, 0.3) is 0 Å². The number of sulfonamides is 1. The maximum Gasteiger partial charge on any atom is 0.243 e. The molecule has 2 amide bonds. The summed E-state index contributed by atoms with van der Waals surface area (Å²) in [6.45, 7) is 6.72. The van der Waals surface area contributed by atoms with Gasteiger partial charge in [-0.25, -0.2) is 8.42 Å². The molecule has 1 N–H and O–H groups in total. The van der Waals surface area contributed by atoms with Gasteiger partial charge >= 0.3 is 0 Å². The number of nitrogens with zero attached hydrogens (tertiary/aromatic N) is 2. The van der Waals surface area contributed by atoms with Gasteiger partial charge in [-0.15, -0.1) is 0 Å². The minimum atomic E-state index is -3.57. The maximum absolute atomic E-state index is 13.9. The topological polar surface area (TPSA) is 86.8 Å². The highest BCUT2D eigenvalue weighted by Crippen LogP contribution is 2.23. The van der Waals surface area contributed by atoms with Crippen molar-refractivity contribution in [1.29, 1.82) is 0 Å². The lowest BCUT2D eigenvalue weighted by molar-refractivity contribution is -0.141. The zero-order valence-electron chi connectivity index (χ0n) is 24.2. The predicted octanol–water partition coefficient (Wildman–Crippen LogP) is 5.61. The number of rotatable bonds is 14. The standard InChI is InChI=1S/C32H40ClN3O4S/c1-24(2)22-34-32(38)30(21-26-13-6-5-7-14-26)35(23-27-15-10-16-28(33)20-27)31(37)18-11-19-36(41(4,39)40)29-17-9-8-12-25(29)3/h5-10,12-17,20,24,30H,11,18-19,21-23H2,1-4H3,(H,34,38)/t30-/m1/s1. The van der Waals surface area contributed by atoms with Crippen molar-refractivity contribution in [1.82, 2.24) is 10.2 Å². The van der Waals surface area contributed by atoms with Gasteiger partial charge in [0, 0.05) is 37.5 Å². The molecule has 0 saturated heterocycles. The molecule has 3 aromatic rings. The van der Waals surface area contributed by atoms with Crippen molar-refractivity contribution in [3.05, 3.63) is 101 Å². The Labute approximate surface area is 249 Å². The minimum Gasteiger partial charge on any atom is -0.354 e. The Morgan fingerprint density at radius 2 is 1.59 bits per heavy atom. The smallest absolute Gasteiger partial charge is 0.243 e. The molecule has 7 nitrogen and oxygen atoms in total. The molecule has 0 aliphatic heterocycles. The number of anilines is 1. The molecule has 0 saturated carbocycles. The van der Waals surface area contributed by atoms with E-state index in [2.05, 4.69) is 5.32 Å². The van der Waals surface area contributed by atoms with Crippen LogP contribution in [-0.2, 0) is 32.6 Å². The number of amides is 2. The number of nitrogens with one attached hydrogen (secondary N) is 1. The molecular formula is C32H40ClN3O4S. The van der Waals surface area contributed by atoms with E-state index in [0.717, 1.165) is 16.7 Å². The molecule has 41 heavy (non-hydrogen) atoms.